The van der Waals surface area contributed by atoms with Gasteiger partial charge in [0.1, 0.15) is 6.61 Å². The summed E-state index contributed by atoms with van der Waals surface area (Å²) in [7, 11) is 0. The van der Waals surface area contributed by atoms with Gasteiger partial charge in [0.15, 0.2) is 5.75 Å². The van der Waals surface area contributed by atoms with E-state index in [4.69, 9.17) is 33.0 Å². The number of carbonyl (C=O) groups is 1. The molecule has 0 amide bonds. The van der Waals surface area contributed by atoms with E-state index in [1.165, 1.54) is 12.1 Å². The molecule has 3 nitrogen and oxygen atoms in total. The molecule has 0 unspecified atom stereocenters. The molecule has 0 aliphatic heterocycles. The number of aromatic carboxylic acids is 1. The highest BCUT2D eigenvalue weighted by Gasteiger charge is 2.13. The van der Waals surface area contributed by atoms with Crippen LogP contribution >= 0.6 is 39.1 Å². The Morgan fingerprint density at radius 2 is 1.90 bits per heavy atom. The molecule has 2 aromatic carbocycles. The predicted octanol–water partition coefficient (Wildman–Crippen LogP) is 5.03. The van der Waals surface area contributed by atoms with E-state index in [0.29, 0.717) is 15.2 Å². The fourth-order valence-corrected chi connectivity index (χ4v) is 2.74. The van der Waals surface area contributed by atoms with Crippen LogP contribution in [0, 0.1) is 0 Å². The Labute approximate surface area is 134 Å². The maximum Gasteiger partial charge on any atom is 0.335 e. The van der Waals surface area contributed by atoms with E-state index >= 15 is 0 Å². The Morgan fingerprint density at radius 3 is 2.50 bits per heavy atom. The number of ether oxygens (including phenoxy) is 1. The van der Waals surface area contributed by atoms with Crippen LogP contribution in [0.25, 0.3) is 0 Å². The van der Waals surface area contributed by atoms with Gasteiger partial charge >= 0.3 is 5.97 Å². The third kappa shape index (κ3) is 3.45. The van der Waals surface area contributed by atoms with Crippen molar-refractivity contribution in [3.8, 4) is 5.75 Å². The summed E-state index contributed by atoms with van der Waals surface area (Å²) in [5.41, 5.74) is 0.909. The molecular formula is C14H9BrCl2O3. The smallest absolute Gasteiger partial charge is 0.335 e. The molecule has 0 aliphatic carbocycles. The summed E-state index contributed by atoms with van der Waals surface area (Å²) < 4.78 is 6.09. The topological polar surface area (TPSA) is 46.5 Å². The average molecular weight is 376 g/mol. The average Bonchev–Trinajstić information content (AvgIpc) is 2.39. The van der Waals surface area contributed by atoms with Crippen LogP contribution in [0.2, 0.25) is 10.0 Å². The number of halogens is 3. The molecule has 0 saturated carbocycles. The summed E-state index contributed by atoms with van der Waals surface area (Å²) in [5.74, 6) is -0.665. The lowest BCUT2D eigenvalue weighted by molar-refractivity contribution is 0.0696. The lowest BCUT2D eigenvalue weighted by Gasteiger charge is -2.11. The highest BCUT2D eigenvalue weighted by atomic mass is 79.9. The second-order valence-corrected chi connectivity index (χ2v) is 5.62. The Hall–Kier alpha value is -1.23. The third-order valence-electron chi connectivity index (χ3n) is 2.58. The summed E-state index contributed by atoms with van der Waals surface area (Å²) >= 11 is 15.3. The van der Waals surface area contributed by atoms with Gasteiger partial charge in [-0.1, -0.05) is 41.4 Å². The number of hydrogen-bond donors (Lipinski definition) is 1. The largest absolute Gasteiger partial charge is 0.486 e. The zero-order chi connectivity index (χ0) is 14.7. The lowest BCUT2D eigenvalue weighted by Crippen LogP contribution is -2.00. The highest BCUT2D eigenvalue weighted by molar-refractivity contribution is 9.10. The van der Waals surface area contributed by atoms with Gasteiger partial charge in [-0.2, -0.15) is 0 Å². The Bertz CT molecular complexity index is 636. The van der Waals surface area contributed by atoms with Crippen LogP contribution in [0.15, 0.2) is 40.9 Å². The number of carboxylic acid groups (broad SMARTS) is 1. The van der Waals surface area contributed by atoms with Crippen molar-refractivity contribution in [3.63, 3.8) is 0 Å². The molecule has 0 atom stereocenters. The van der Waals surface area contributed by atoms with Crippen LogP contribution in [0.4, 0.5) is 0 Å². The molecule has 1 N–H and O–H groups in total. The second kappa shape index (κ2) is 6.48. The molecule has 0 bridgehead atoms. The van der Waals surface area contributed by atoms with Crippen molar-refractivity contribution in [1.29, 1.82) is 0 Å². The Morgan fingerprint density at radius 1 is 1.20 bits per heavy atom. The SMILES string of the molecule is O=C(O)c1cc(Cl)c(OCc2ccccc2Cl)c(Br)c1. The summed E-state index contributed by atoms with van der Waals surface area (Å²) in [6.45, 7) is 0.240. The van der Waals surface area contributed by atoms with Crippen LogP contribution in [-0.4, -0.2) is 11.1 Å². The monoisotopic (exact) mass is 374 g/mol. The molecule has 0 aliphatic rings. The Balaban J connectivity index is 2.22. The van der Waals surface area contributed by atoms with E-state index in [0.717, 1.165) is 5.56 Å². The molecule has 0 saturated heterocycles. The van der Waals surface area contributed by atoms with E-state index in [9.17, 15) is 4.79 Å². The van der Waals surface area contributed by atoms with Crippen LogP contribution in [0.1, 0.15) is 15.9 Å². The van der Waals surface area contributed by atoms with E-state index in [1.54, 1.807) is 6.07 Å². The van der Waals surface area contributed by atoms with E-state index < -0.39 is 5.97 Å². The predicted molar refractivity (Wildman–Crippen MR) is 81.9 cm³/mol. The van der Waals surface area contributed by atoms with Gasteiger partial charge in [-0.15, -0.1) is 0 Å². The van der Waals surface area contributed by atoms with Gasteiger partial charge in [-0.3, -0.25) is 0 Å². The van der Waals surface area contributed by atoms with Crippen LogP contribution in [-0.2, 0) is 6.61 Å². The van der Waals surface area contributed by atoms with Gasteiger partial charge < -0.3 is 9.84 Å². The van der Waals surface area contributed by atoms with Crippen molar-refractivity contribution in [2.24, 2.45) is 0 Å². The standard InChI is InChI=1S/C14H9BrCl2O3/c15-10-5-9(14(18)19)6-12(17)13(10)20-7-8-3-1-2-4-11(8)16/h1-6H,7H2,(H,18,19). The molecule has 2 rings (SSSR count). The first kappa shape index (κ1) is 15.2. The fourth-order valence-electron chi connectivity index (χ4n) is 1.59. The lowest BCUT2D eigenvalue weighted by atomic mass is 10.2. The van der Waals surface area contributed by atoms with Gasteiger partial charge in [0.05, 0.1) is 15.1 Å². The van der Waals surface area contributed by atoms with E-state index in [1.807, 2.05) is 18.2 Å². The maximum atomic E-state index is 10.9. The summed E-state index contributed by atoms with van der Waals surface area (Å²) in [4.78, 5) is 10.9. The second-order valence-electron chi connectivity index (χ2n) is 3.95. The van der Waals surface area contributed by atoms with Crippen molar-refractivity contribution < 1.29 is 14.6 Å². The van der Waals surface area contributed by atoms with Crippen molar-refractivity contribution in [3.05, 3.63) is 62.0 Å². The molecule has 20 heavy (non-hydrogen) atoms. The molecule has 6 heteroatoms. The molecule has 104 valence electrons. The van der Waals surface area contributed by atoms with E-state index in [2.05, 4.69) is 15.9 Å². The molecule has 0 heterocycles. The minimum Gasteiger partial charge on any atom is -0.486 e. The zero-order valence-electron chi connectivity index (χ0n) is 10.1. The highest BCUT2D eigenvalue weighted by Crippen LogP contribution is 2.35. The molecule has 0 fully saturated rings. The Kier molecular flexibility index (Phi) is 4.91. The molecular weight excluding hydrogens is 367 g/mol. The normalized spacial score (nSPS) is 10.3. The van der Waals surface area contributed by atoms with Gasteiger partial charge in [0.25, 0.3) is 0 Å². The molecule has 0 radical (unpaired) electrons. The van der Waals surface area contributed by atoms with Gasteiger partial charge in [-0.05, 0) is 34.1 Å². The van der Waals surface area contributed by atoms with Crippen molar-refractivity contribution in [2.75, 3.05) is 0 Å². The van der Waals surface area contributed by atoms with Crippen molar-refractivity contribution in [1.82, 2.24) is 0 Å². The zero-order valence-corrected chi connectivity index (χ0v) is 13.2. The fraction of sp³-hybridized carbons (Fsp3) is 0.0714. The quantitative estimate of drug-likeness (QED) is 0.814. The minimum atomic E-state index is -1.05. The van der Waals surface area contributed by atoms with Crippen molar-refractivity contribution in [2.45, 2.75) is 6.61 Å². The first-order chi connectivity index (χ1) is 9.49. The summed E-state index contributed by atoms with van der Waals surface area (Å²) in [6.07, 6.45) is 0. The van der Waals surface area contributed by atoms with Crippen LogP contribution < -0.4 is 4.74 Å². The minimum absolute atomic E-state index is 0.0898. The van der Waals surface area contributed by atoms with Gasteiger partial charge in [-0.25, -0.2) is 4.79 Å². The molecule has 0 spiro atoms. The summed E-state index contributed by atoms with van der Waals surface area (Å²) in [5, 5.41) is 9.76. The number of carboxylic acids is 1. The first-order valence-corrected chi connectivity index (χ1v) is 7.12. The summed E-state index contributed by atoms with van der Waals surface area (Å²) in [6, 6.07) is 10.1. The van der Waals surface area contributed by atoms with E-state index in [-0.39, 0.29) is 17.2 Å². The third-order valence-corrected chi connectivity index (χ3v) is 3.81. The van der Waals surface area contributed by atoms with Gasteiger partial charge in [0, 0.05) is 10.6 Å². The molecule has 2 aromatic rings. The maximum absolute atomic E-state index is 10.9. The number of rotatable bonds is 4. The van der Waals surface area contributed by atoms with Crippen molar-refractivity contribution >= 4 is 45.1 Å². The number of hydrogen-bond acceptors (Lipinski definition) is 2. The van der Waals surface area contributed by atoms with Crippen LogP contribution in [0.5, 0.6) is 5.75 Å². The van der Waals surface area contributed by atoms with Crippen LogP contribution in [0.3, 0.4) is 0 Å². The van der Waals surface area contributed by atoms with Gasteiger partial charge in [0.2, 0.25) is 0 Å². The molecule has 0 aromatic heterocycles. The first-order valence-electron chi connectivity index (χ1n) is 5.57. The number of benzene rings is 2.